The summed E-state index contributed by atoms with van der Waals surface area (Å²) in [7, 11) is 0. The summed E-state index contributed by atoms with van der Waals surface area (Å²) >= 11 is 5.45. The van der Waals surface area contributed by atoms with E-state index in [0.717, 1.165) is 12.8 Å². The van der Waals surface area contributed by atoms with Crippen molar-refractivity contribution >= 4 is 92.6 Å². The predicted octanol–water partition coefficient (Wildman–Crippen LogP) is 15.3. The summed E-state index contributed by atoms with van der Waals surface area (Å²) in [6.45, 7) is 0. The number of thiophene rings is 3. The molecule has 0 saturated carbocycles. The van der Waals surface area contributed by atoms with Crippen molar-refractivity contribution in [2.45, 2.75) is 12.8 Å². The molecule has 11 rings (SSSR count). The smallest absolute Gasteiger partial charge is 0.0361 e. The molecule has 0 atom stereocenters. The Morgan fingerprint density at radius 3 is 1.71 bits per heavy atom. The second-order valence-corrected chi connectivity index (χ2v) is 16.1. The van der Waals surface area contributed by atoms with Crippen LogP contribution in [0.15, 0.2) is 149 Å². The highest BCUT2D eigenvalue weighted by Crippen LogP contribution is 2.50. The third kappa shape index (κ3) is 4.42. The fourth-order valence-electron chi connectivity index (χ4n) is 8.76. The van der Waals surface area contributed by atoms with Gasteiger partial charge in [-0.1, -0.05) is 103 Å². The molecule has 0 spiro atoms. The Balaban J connectivity index is 1.23. The molecule has 0 bridgehead atoms. The predicted molar refractivity (Wildman–Crippen MR) is 227 cm³/mol. The standard InChI is InChI=1S/C48H30S3/c1-3-12-34-32(10-1)44(33-11-2-4-13-35(33)45(34)30-22-24-49-27-30)29-20-21-42-41(26-29)48-40(18-9-19-43(48)51-42)47-38-16-7-5-14-36(38)46(31-23-25-50-28-31)37-15-6-8-17-39(37)47/h1,3-10,12-28H,2,11H2. The van der Waals surface area contributed by atoms with E-state index in [1.165, 1.54) is 108 Å². The van der Waals surface area contributed by atoms with Gasteiger partial charge in [-0.05, 0) is 153 Å². The van der Waals surface area contributed by atoms with Gasteiger partial charge in [-0.3, -0.25) is 0 Å². The Hall–Kier alpha value is -5.32. The Morgan fingerprint density at radius 2 is 1.06 bits per heavy atom. The molecular formula is C48H30S3. The number of rotatable bonds is 4. The van der Waals surface area contributed by atoms with Gasteiger partial charge in [0.25, 0.3) is 0 Å². The number of benzene rings is 7. The molecule has 51 heavy (non-hydrogen) atoms. The molecule has 1 aliphatic rings. The summed E-state index contributed by atoms with van der Waals surface area (Å²) in [5, 5.41) is 19.5. The lowest BCUT2D eigenvalue weighted by Gasteiger charge is -2.23. The van der Waals surface area contributed by atoms with E-state index < -0.39 is 0 Å². The normalized spacial score (nSPS) is 12.9. The average Bonchev–Trinajstić information content (AvgIpc) is 3.98. The Labute approximate surface area is 308 Å². The molecule has 0 radical (unpaired) electrons. The molecule has 0 saturated heterocycles. The van der Waals surface area contributed by atoms with Crippen LogP contribution in [0, 0.1) is 0 Å². The topological polar surface area (TPSA) is 0 Å². The van der Waals surface area contributed by atoms with Crippen LogP contribution < -0.4 is 0 Å². The van der Waals surface area contributed by atoms with Crippen molar-refractivity contribution < 1.29 is 0 Å². The van der Waals surface area contributed by atoms with Crippen LogP contribution in [0.25, 0.3) is 103 Å². The van der Waals surface area contributed by atoms with Gasteiger partial charge < -0.3 is 0 Å². The minimum absolute atomic E-state index is 1.05. The maximum absolute atomic E-state index is 2.51. The van der Waals surface area contributed by atoms with E-state index in [2.05, 4.69) is 155 Å². The molecule has 0 fully saturated rings. The van der Waals surface area contributed by atoms with E-state index in [1.807, 2.05) is 11.3 Å². The molecule has 0 amide bonds. The van der Waals surface area contributed by atoms with Crippen LogP contribution in [0.3, 0.4) is 0 Å². The lowest BCUT2D eigenvalue weighted by molar-refractivity contribution is 0.991. The zero-order valence-electron chi connectivity index (χ0n) is 27.7. The zero-order chi connectivity index (χ0) is 33.5. The van der Waals surface area contributed by atoms with Crippen LogP contribution in [0.2, 0.25) is 0 Å². The molecule has 3 heteroatoms. The first-order valence-electron chi connectivity index (χ1n) is 17.5. The molecule has 240 valence electrons. The molecule has 0 N–H and O–H groups in total. The summed E-state index contributed by atoms with van der Waals surface area (Å²) in [6, 6.07) is 45.8. The minimum Gasteiger partial charge on any atom is -0.152 e. The first kappa shape index (κ1) is 29.4. The maximum Gasteiger partial charge on any atom is 0.0361 e. The van der Waals surface area contributed by atoms with Gasteiger partial charge in [0, 0.05) is 20.2 Å². The fourth-order valence-corrected chi connectivity index (χ4v) is 11.2. The second kappa shape index (κ2) is 11.6. The van der Waals surface area contributed by atoms with Gasteiger partial charge in [-0.25, -0.2) is 0 Å². The van der Waals surface area contributed by atoms with Crippen LogP contribution in [0.4, 0.5) is 0 Å². The van der Waals surface area contributed by atoms with E-state index >= 15 is 0 Å². The van der Waals surface area contributed by atoms with Crippen LogP contribution in [0.1, 0.15) is 17.5 Å². The Morgan fingerprint density at radius 1 is 0.451 bits per heavy atom. The summed E-state index contributed by atoms with van der Waals surface area (Å²) in [5.41, 5.74) is 13.5. The first-order valence-corrected chi connectivity index (χ1v) is 20.2. The summed E-state index contributed by atoms with van der Waals surface area (Å²) in [6.07, 6.45) is 6.85. The van der Waals surface area contributed by atoms with Crippen molar-refractivity contribution in [3.63, 3.8) is 0 Å². The SMILES string of the molecule is C1=Cc2c(c(-c3ccc4sc5cccc(-c6c7ccccc7c(-c7ccsc7)c7ccccc67)c5c4c3)c3ccccc3c2-c2ccsc2)CC1. The first-order chi connectivity index (χ1) is 25.3. The van der Waals surface area contributed by atoms with Crippen molar-refractivity contribution in [1.29, 1.82) is 0 Å². The maximum atomic E-state index is 2.51. The van der Waals surface area contributed by atoms with E-state index in [1.54, 1.807) is 22.7 Å². The molecule has 3 aromatic heterocycles. The van der Waals surface area contributed by atoms with Crippen molar-refractivity contribution in [1.82, 2.24) is 0 Å². The van der Waals surface area contributed by atoms with Gasteiger partial charge in [-0.2, -0.15) is 22.7 Å². The number of hydrogen-bond acceptors (Lipinski definition) is 3. The van der Waals surface area contributed by atoms with Crippen LogP contribution in [-0.4, -0.2) is 0 Å². The molecule has 7 aromatic carbocycles. The van der Waals surface area contributed by atoms with E-state index in [4.69, 9.17) is 0 Å². The summed E-state index contributed by atoms with van der Waals surface area (Å²) in [4.78, 5) is 0. The van der Waals surface area contributed by atoms with E-state index in [9.17, 15) is 0 Å². The van der Waals surface area contributed by atoms with Crippen molar-refractivity contribution in [3.8, 4) is 44.5 Å². The third-order valence-electron chi connectivity index (χ3n) is 10.8. The van der Waals surface area contributed by atoms with Crippen molar-refractivity contribution in [2.75, 3.05) is 0 Å². The fraction of sp³-hybridized carbons (Fsp3) is 0.0417. The van der Waals surface area contributed by atoms with E-state index in [0.29, 0.717) is 0 Å². The van der Waals surface area contributed by atoms with Gasteiger partial charge in [-0.15, -0.1) is 11.3 Å². The molecule has 0 unspecified atom stereocenters. The molecule has 0 nitrogen and oxygen atoms in total. The molecule has 1 aliphatic carbocycles. The van der Waals surface area contributed by atoms with Crippen molar-refractivity contribution in [3.05, 3.63) is 160 Å². The van der Waals surface area contributed by atoms with Gasteiger partial charge in [0.05, 0.1) is 0 Å². The number of fused-ring (bicyclic) bond motifs is 7. The highest BCUT2D eigenvalue weighted by molar-refractivity contribution is 7.26. The zero-order valence-corrected chi connectivity index (χ0v) is 30.1. The van der Waals surface area contributed by atoms with Gasteiger partial charge in [0.1, 0.15) is 0 Å². The molecule has 0 aliphatic heterocycles. The summed E-state index contributed by atoms with van der Waals surface area (Å²) in [5.74, 6) is 0. The Kier molecular flexibility index (Phi) is 6.70. The van der Waals surface area contributed by atoms with Crippen LogP contribution in [-0.2, 0) is 6.42 Å². The number of allylic oxidation sites excluding steroid dienone is 1. The lowest BCUT2D eigenvalue weighted by Crippen LogP contribution is -2.02. The van der Waals surface area contributed by atoms with Crippen LogP contribution >= 0.6 is 34.0 Å². The lowest BCUT2D eigenvalue weighted by atomic mass is 9.80. The van der Waals surface area contributed by atoms with Crippen LogP contribution in [0.5, 0.6) is 0 Å². The largest absolute Gasteiger partial charge is 0.152 e. The summed E-state index contributed by atoms with van der Waals surface area (Å²) < 4.78 is 2.66. The second-order valence-electron chi connectivity index (χ2n) is 13.5. The molecule has 10 aromatic rings. The van der Waals surface area contributed by atoms with Gasteiger partial charge in [0.15, 0.2) is 0 Å². The van der Waals surface area contributed by atoms with Gasteiger partial charge in [0.2, 0.25) is 0 Å². The third-order valence-corrected chi connectivity index (χ3v) is 13.3. The minimum atomic E-state index is 1.05. The Bertz CT molecular complexity index is 2950. The van der Waals surface area contributed by atoms with E-state index in [-0.39, 0.29) is 0 Å². The monoisotopic (exact) mass is 702 g/mol. The van der Waals surface area contributed by atoms with Crippen molar-refractivity contribution in [2.24, 2.45) is 0 Å². The number of hydrogen-bond donors (Lipinski definition) is 0. The molecule has 3 heterocycles. The molecular weight excluding hydrogens is 673 g/mol. The average molecular weight is 703 g/mol. The van der Waals surface area contributed by atoms with Gasteiger partial charge >= 0.3 is 0 Å². The highest BCUT2D eigenvalue weighted by Gasteiger charge is 2.24. The quantitative estimate of drug-likeness (QED) is 0.160. The highest BCUT2D eigenvalue weighted by atomic mass is 32.1.